The summed E-state index contributed by atoms with van der Waals surface area (Å²) in [5.74, 6) is 0. The van der Waals surface area contributed by atoms with Crippen LogP contribution in [0.25, 0.3) is 0 Å². The van der Waals surface area contributed by atoms with Gasteiger partial charge in [0.25, 0.3) is 0 Å². The molecule has 2 nitrogen and oxygen atoms in total. The highest BCUT2D eigenvalue weighted by atomic mass is 79.9. The van der Waals surface area contributed by atoms with Crippen molar-refractivity contribution >= 4 is 38.9 Å². The fourth-order valence-electron chi connectivity index (χ4n) is 1.70. The van der Waals surface area contributed by atoms with Gasteiger partial charge < -0.3 is 5.32 Å². The van der Waals surface area contributed by atoms with E-state index in [9.17, 15) is 0 Å². The first-order chi connectivity index (χ1) is 8.22. The number of nitrogens with zero attached hydrogens (tertiary/aromatic N) is 1. The van der Waals surface area contributed by atoms with E-state index >= 15 is 0 Å². The number of hydrogen-bond acceptors (Lipinski definition) is 3. The van der Waals surface area contributed by atoms with Gasteiger partial charge in [-0.3, -0.25) is 4.98 Å². The normalized spacial score (nSPS) is 12.6. The van der Waals surface area contributed by atoms with Crippen LogP contribution in [-0.2, 0) is 6.42 Å². The van der Waals surface area contributed by atoms with E-state index < -0.39 is 0 Å². The van der Waals surface area contributed by atoms with Crippen LogP contribution in [0.2, 0.25) is 5.02 Å². The first-order valence-corrected chi connectivity index (χ1v) is 7.26. The van der Waals surface area contributed by atoms with Crippen LogP contribution in [0.3, 0.4) is 0 Å². The number of hydrogen-bond donors (Lipinski definition) is 1. The van der Waals surface area contributed by atoms with Crippen LogP contribution >= 0.6 is 38.9 Å². The van der Waals surface area contributed by atoms with Crippen molar-refractivity contribution in [2.45, 2.75) is 12.5 Å². The van der Waals surface area contributed by atoms with Crippen LogP contribution in [0.15, 0.2) is 34.4 Å². The Morgan fingerprint density at radius 2 is 2.35 bits per heavy atom. The highest BCUT2D eigenvalue weighted by Gasteiger charge is 2.15. The Morgan fingerprint density at radius 3 is 3.00 bits per heavy atom. The summed E-state index contributed by atoms with van der Waals surface area (Å²) in [6.07, 6.45) is 2.80. The lowest BCUT2D eigenvalue weighted by atomic mass is 10.0. The molecule has 1 N–H and O–H groups in total. The first-order valence-electron chi connectivity index (χ1n) is 5.21. The van der Waals surface area contributed by atoms with Gasteiger partial charge in [-0.1, -0.05) is 23.7 Å². The van der Waals surface area contributed by atoms with Crippen molar-refractivity contribution in [2.24, 2.45) is 0 Å². The second kappa shape index (κ2) is 5.96. The summed E-state index contributed by atoms with van der Waals surface area (Å²) in [5.41, 5.74) is 2.96. The summed E-state index contributed by atoms with van der Waals surface area (Å²) in [6.45, 7) is 0. The Kier molecular flexibility index (Phi) is 4.56. The minimum absolute atomic E-state index is 0.209. The number of halogens is 2. The maximum atomic E-state index is 6.31. The number of likely N-dealkylation sites (N-methyl/N-ethyl adjacent to an activating group) is 1. The van der Waals surface area contributed by atoms with E-state index in [0.29, 0.717) is 0 Å². The quantitative estimate of drug-likeness (QED) is 0.914. The van der Waals surface area contributed by atoms with Crippen LogP contribution in [-0.4, -0.2) is 12.0 Å². The number of benzene rings is 1. The Hall–Kier alpha value is -0.420. The van der Waals surface area contributed by atoms with Crippen molar-refractivity contribution in [2.75, 3.05) is 7.05 Å². The molecule has 1 unspecified atom stereocenters. The van der Waals surface area contributed by atoms with E-state index in [0.717, 1.165) is 21.5 Å². The average molecular weight is 332 g/mol. The van der Waals surface area contributed by atoms with Crippen molar-refractivity contribution in [3.63, 3.8) is 0 Å². The largest absolute Gasteiger partial charge is 0.313 e. The van der Waals surface area contributed by atoms with Gasteiger partial charge in [-0.15, -0.1) is 11.3 Å². The molecule has 90 valence electrons. The minimum Gasteiger partial charge on any atom is -0.313 e. The van der Waals surface area contributed by atoms with Gasteiger partial charge in [0.2, 0.25) is 0 Å². The Morgan fingerprint density at radius 1 is 1.53 bits per heavy atom. The molecule has 0 fully saturated rings. The number of nitrogens with one attached hydrogen (secondary N) is 1. The molecule has 1 atom stereocenters. The van der Waals surface area contributed by atoms with Crippen LogP contribution in [0.5, 0.6) is 0 Å². The number of aromatic nitrogens is 1. The monoisotopic (exact) mass is 330 g/mol. The third kappa shape index (κ3) is 3.07. The summed E-state index contributed by atoms with van der Waals surface area (Å²) in [6, 6.07) is 6.21. The van der Waals surface area contributed by atoms with Crippen LogP contribution in [0, 0.1) is 0 Å². The SMILES string of the molecule is CNC(Cc1cncs1)c1cccc(Br)c1Cl. The second-order valence-corrected chi connectivity index (χ2v) is 5.86. The van der Waals surface area contributed by atoms with Crippen molar-refractivity contribution < 1.29 is 0 Å². The lowest BCUT2D eigenvalue weighted by Crippen LogP contribution is -2.18. The highest BCUT2D eigenvalue weighted by Crippen LogP contribution is 2.31. The van der Waals surface area contributed by atoms with Crippen LogP contribution in [0.4, 0.5) is 0 Å². The zero-order chi connectivity index (χ0) is 12.3. The van der Waals surface area contributed by atoms with E-state index in [2.05, 4.69) is 32.3 Å². The predicted octanol–water partition coefficient (Wildman–Crippen LogP) is 4.06. The molecule has 0 spiro atoms. The third-order valence-electron chi connectivity index (χ3n) is 2.59. The van der Waals surface area contributed by atoms with E-state index in [1.54, 1.807) is 11.3 Å². The van der Waals surface area contributed by atoms with Crippen LogP contribution in [0.1, 0.15) is 16.5 Å². The molecule has 0 saturated heterocycles. The summed E-state index contributed by atoms with van der Waals surface area (Å²) >= 11 is 11.4. The highest BCUT2D eigenvalue weighted by molar-refractivity contribution is 9.10. The zero-order valence-corrected chi connectivity index (χ0v) is 12.4. The van der Waals surface area contributed by atoms with E-state index in [1.165, 1.54) is 4.88 Å². The van der Waals surface area contributed by atoms with Gasteiger partial charge in [-0.05, 0) is 34.6 Å². The van der Waals surface area contributed by atoms with Gasteiger partial charge in [0.1, 0.15) is 0 Å². The molecule has 0 aliphatic heterocycles. The van der Waals surface area contributed by atoms with Gasteiger partial charge in [-0.25, -0.2) is 0 Å². The molecule has 1 aromatic heterocycles. The molecule has 1 heterocycles. The fourth-order valence-corrected chi connectivity index (χ4v) is 2.98. The lowest BCUT2D eigenvalue weighted by Gasteiger charge is -2.17. The summed E-state index contributed by atoms with van der Waals surface area (Å²) < 4.78 is 0.932. The summed E-state index contributed by atoms with van der Waals surface area (Å²) in [7, 11) is 1.95. The maximum absolute atomic E-state index is 6.31. The van der Waals surface area contributed by atoms with Crippen molar-refractivity contribution in [3.05, 3.63) is 49.8 Å². The Labute approximate surface area is 118 Å². The molecular weight excluding hydrogens is 320 g/mol. The molecule has 17 heavy (non-hydrogen) atoms. The van der Waals surface area contributed by atoms with Crippen molar-refractivity contribution in [1.82, 2.24) is 10.3 Å². The second-order valence-electron chi connectivity index (χ2n) is 3.66. The molecule has 0 radical (unpaired) electrons. The van der Waals surface area contributed by atoms with Crippen molar-refractivity contribution in [1.29, 1.82) is 0 Å². The van der Waals surface area contributed by atoms with Gasteiger partial charge in [0, 0.05) is 28.0 Å². The smallest absolute Gasteiger partial charge is 0.0794 e. The van der Waals surface area contributed by atoms with Gasteiger partial charge in [0.05, 0.1) is 10.5 Å². The molecule has 1 aromatic carbocycles. The zero-order valence-electron chi connectivity index (χ0n) is 9.28. The molecule has 0 bridgehead atoms. The number of rotatable bonds is 4. The lowest BCUT2D eigenvalue weighted by molar-refractivity contribution is 0.596. The third-order valence-corrected chi connectivity index (χ3v) is 4.71. The molecule has 0 saturated carbocycles. The molecule has 0 amide bonds. The van der Waals surface area contributed by atoms with Gasteiger partial charge in [0.15, 0.2) is 0 Å². The minimum atomic E-state index is 0.209. The molecule has 0 aliphatic rings. The van der Waals surface area contributed by atoms with Crippen LogP contribution < -0.4 is 5.32 Å². The predicted molar refractivity (Wildman–Crippen MR) is 76.8 cm³/mol. The summed E-state index contributed by atoms with van der Waals surface area (Å²) in [5, 5.41) is 4.07. The standard InChI is InChI=1S/C12H12BrClN2S/c1-15-11(5-8-6-16-7-17-8)9-3-2-4-10(13)12(9)14/h2-4,6-7,11,15H,5H2,1H3. The summed E-state index contributed by atoms with van der Waals surface area (Å²) in [4.78, 5) is 5.34. The number of thiazole rings is 1. The average Bonchev–Trinajstić information content (AvgIpc) is 2.83. The molecular formula is C12H12BrClN2S. The molecule has 2 aromatic rings. The van der Waals surface area contributed by atoms with Crippen molar-refractivity contribution in [3.8, 4) is 0 Å². The first kappa shape index (κ1) is 13.0. The topological polar surface area (TPSA) is 24.9 Å². The maximum Gasteiger partial charge on any atom is 0.0794 e. The Bertz CT molecular complexity index is 487. The fraction of sp³-hybridized carbons (Fsp3) is 0.250. The molecule has 5 heteroatoms. The molecule has 0 aliphatic carbocycles. The van der Waals surface area contributed by atoms with E-state index in [4.69, 9.17) is 11.6 Å². The Balaban J connectivity index is 2.26. The van der Waals surface area contributed by atoms with Gasteiger partial charge in [-0.2, -0.15) is 0 Å². The molecule has 2 rings (SSSR count). The van der Waals surface area contributed by atoms with E-state index in [1.807, 2.05) is 30.9 Å². The van der Waals surface area contributed by atoms with E-state index in [-0.39, 0.29) is 6.04 Å². The van der Waals surface area contributed by atoms with Gasteiger partial charge >= 0.3 is 0 Å².